The van der Waals surface area contributed by atoms with Crippen LogP contribution in [-0.4, -0.2) is 53.4 Å². The molecular formula is C23H27FN4O5. The van der Waals surface area contributed by atoms with Gasteiger partial charge in [-0.15, -0.1) is 0 Å². The molecule has 2 N–H and O–H groups in total. The second kappa shape index (κ2) is 9.51. The Hall–Kier alpha value is -3.56. The highest BCUT2D eigenvalue weighted by Crippen LogP contribution is 2.23. The lowest BCUT2D eigenvalue weighted by Gasteiger charge is -2.38. The molecule has 0 saturated heterocycles. The number of rotatable bonds is 0. The summed E-state index contributed by atoms with van der Waals surface area (Å²) in [6.45, 7) is 1.28. The lowest BCUT2D eigenvalue weighted by atomic mass is 10.1. The van der Waals surface area contributed by atoms with Crippen molar-refractivity contribution in [2.45, 2.75) is 38.6 Å². The van der Waals surface area contributed by atoms with Gasteiger partial charge in [0, 0.05) is 38.0 Å². The fraction of sp³-hybridized carbons (Fsp3) is 0.435. The minimum atomic E-state index is -0.921. The van der Waals surface area contributed by atoms with Gasteiger partial charge in [0.15, 0.2) is 11.4 Å². The van der Waals surface area contributed by atoms with Crippen molar-refractivity contribution in [3.05, 3.63) is 57.3 Å². The summed E-state index contributed by atoms with van der Waals surface area (Å²) in [5.74, 6) is -2.07. The third kappa shape index (κ3) is 4.64. The van der Waals surface area contributed by atoms with Crippen LogP contribution in [0.5, 0.6) is 11.5 Å². The normalized spacial score (nSPS) is 17.6. The van der Waals surface area contributed by atoms with E-state index in [4.69, 9.17) is 4.74 Å². The number of aromatic nitrogens is 1. The summed E-state index contributed by atoms with van der Waals surface area (Å²) in [4.78, 5) is 39.7. The molecule has 3 heterocycles. The van der Waals surface area contributed by atoms with Crippen LogP contribution in [0.15, 0.2) is 29.2 Å². The van der Waals surface area contributed by atoms with Crippen LogP contribution in [0, 0.1) is 5.82 Å². The van der Waals surface area contributed by atoms with Crippen LogP contribution in [0.2, 0.25) is 0 Å². The number of pyridine rings is 1. The molecule has 0 fully saturated rings. The van der Waals surface area contributed by atoms with Crippen molar-refractivity contribution >= 4 is 11.8 Å². The van der Waals surface area contributed by atoms with Gasteiger partial charge in [-0.2, -0.15) is 0 Å². The Balaban J connectivity index is 1.71. The van der Waals surface area contributed by atoms with Gasteiger partial charge in [-0.1, -0.05) is 25.3 Å². The Morgan fingerprint density at radius 3 is 2.67 bits per heavy atom. The number of aromatic hydroxyl groups is 1. The highest BCUT2D eigenvalue weighted by Gasteiger charge is 2.32. The zero-order valence-electron chi connectivity index (χ0n) is 18.5. The minimum absolute atomic E-state index is 0.00177. The van der Waals surface area contributed by atoms with Crippen molar-refractivity contribution in [2.24, 2.45) is 0 Å². The zero-order valence-corrected chi connectivity index (χ0v) is 18.5. The SMILES string of the molecule is CN1CN2CCCCCCCOc3cc(F)ccc3CNC(=O)c3cn2c(c(O)c3=O)C1=O. The molecule has 2 amide bonds. The summed E-state index contributed by atoms with van der Waals surface area (Å²) in [6.07, 6.45) is 5.82. The topological polar surface area (TPSA) is 104 Å². The molecular weight excluding hydrogens is 431 g/mol. The maximum Gasteiger partial charge on any atom is 0.277 e. The number of benzene rings is 1. The van der Waals surface area contributed by atoms with Gasteiger partial charge in [-0.25, -0.2) is 4.39 Å². The van der Waals surface area contributed by atoms with E-state index in [1.807, 2.05) is 5.01 Å². The van der Waals surface area contributed by atoms with Crippen molar-refractivity contribution < 1.29 is 23.8 Å². The van der Waals surface area contributed by atoms with Gasteiger partial charge in [0.2, 0.25) is 5.43 Å². The summed E-state index contributed by atoms with van der Waals surface area (Å²) < 4.78 is 20.9. The van der Waals surface area contributed by atoms with Gasteiger partial charge in [-0.05, 0) is 18.9 Å². The number of amides is 2. The van der Waals surface area contributed by atoms with Gasteiger partial charge >= 0.3 is 0 Å². The monoisotopic (exact) mass is 458 g/mol. The summed E-state index contributed by atoms with van der Waals surface area (Å²) in [5.41, 5.74) is -0.796. The maximum atomic E-state index is 13.7. The first kappa shape index (κ1) is 22.6. The van der Waals surface area contributed by atoms with Crippen LogP contribution in [0.25, 0.3) is 0 Å². The zero-order chi connectivity index (χ0) is 23.5. The summed E-state index contributed by atoms with van der Waals surface area (Å²) in [6, 6.07) is 4.07. The predicted molar refractivity (Wildman–Crippen MR) is 119 cm³/mol. The molecule has 2 aromatic rings. The molecule has 2 bridgehead atoms. The Morgan fingerprint density at radius 2 is 1.85 bits per heavy atom. The lowest BCUT2D eigenvalue weighted by molar-refractivity contribution is 0.0730. The molecule has 0 unspecified atom stereocenters. The molecule has 1 aromatic carbocycles. The number of hydrogen-bond donors (Lipinski definition) is 2. The first-order valence-electron chi connectivity index (χ1n) is 11.1. The minimum Gasteiger partial charge on any atom is -0.502 e. The highest BCUT2D eigenvalue weighted by atomic mass is 19.1. The van der Waals surface area contributed by atoms with E-state index in [-0.39, 0.29) is 24.5 Å². The Morgan fingerprint density at radius 1 is 1.09 bits per heavy atom. The van der Waals surface area contributed by atoms with Crippen LogP contribution in [0.4, 0.5) is 4.39 Å². The van der Waals surface area contributed by atoms with E-state index < -0.39 is 28.8 Å². The van der Waals surface area contributed by atoms with Crippen molar-refractivity contribution in [3.63, 3.8) is 0 Å². The van der Waals surface area contributed by atoms with E-state index in [9.17, 15) is 23.9 Å². The highest BCUT2D eigenvalue weighted by molar-refractivity contribution is 5.99. The van der Waals surface area contributed by atoms with Gasteiger partial charge in [0.1, 0.15) is 23.8 Å². The molecule has 0 saturated carbocycles. The van der Waals surface area contributed by atoms with Crippen LogP contribution >= 0.6 is 0 Å². The second-order valence-corrected chi connectivity index (χ2v) is 8.34. The number of halogens is 1. The van der Waals surface area contributed by atoms with Crippen molar-refractivity contribution in [2.75, 3.05) is 31.9 Å². The first-order chi connectivity index (χ1) is 15.9. The molecule has 0 aliphatic carbocycles. The molecule has 2 aliphatic rings. The van der Waals surface area contributed by atoms with E-state index in [0.29, 0.717) is 24.5 Å². The van der Waals surface area contributed by atoms with Crippen LogP contribution in [-0.2, 0) is 6.54 Å². The second-order valence-electron chi connectivity index (χ2n) is 8.34. The average molecular weight is 458 g/mol. The van der Waals surface area contributed by atoms with E-state index in [1.54, 1.807) is 7.05 Å². The predicted octanol–water partition coefficient (Wildman–Crippen LogP) is 1.95. The van der Waals surface area contributed by atoms with Crippen LogP contribution < -0.4 is 20.5 Å². The summed E-state index contributed by atoms with van der Waals surface area (Å²) in [5, 5.41) is 15.0. The van der Waals surface area contributed by atoms with Crippen LogP contribution in [0.1, 0.15) is 58.5 Å². The molecule has 10 heteroatoms. The number of ether oxygens (including phenoxy) is 1. The average Bonchev–Trinajstić information content (AvgIpc) is 2.79. The molecule has 33 heavy (non-hydrogen) atoms. The summed E-state index contributed by atoms with van der Waals surface area (Å²) in [7, 11) is 1.60. The molecule has 0 spiro atoms. The third-order valence-electron chi connectivity index (χ3n) is 5.93. The lowest BCUT2D eigenvalue weighted by Crippen LogP contribution is -2.53. The Bertz CT molecular complexity index is 1130. The molecule has 176 valence electrons. The number of hydrogen-bond acceptors (Lipinski definition) is 6. The third-order valence-corrected chi connectivity index (χ3v) is 5.93. The molecule has 9 nitrogen and oxygen atoms in total. The van der Waals surface area contributed by atoms with E-state index in [2.05, 4.69) is 5.32 Å². The smallest absolute Gasteiger partial charge is 0.277 e. The molecule has 0 atom stereocenters. The molecule has 1 aromatic heterocycles. The molecule has 4 rings (SSSR count). The van der Waals surface area contributed by atoms with Gasteiger partial charge in [0.25, 0.3) is 11.8 Å². The van der Waals surface area contributed by atoms with Gasteiger partial charge in [-0.3, -0.25) is 24.1 Å². The number of carbonyl (C=O) groups excluding carboxylic acids is 2. The van der Waals surface area contributed by atoms with Gasteiger partial charge in [0.05, 0.1) is 6.61 Å². The Kier molecular flexibility index (Phi) is 6.52. The first-order valence-corrected chi connectivity index (χ1v) is 11.1. The van der Waals surface area contributed by atoms with E-state index in [0.717, 1.165) is 32.1 Å². The van der Waals surface area contributed by atoms with Crippen molar-refractivity contribution in [3.8, 4) is 11.5 Å². The standard InChI is InChI=1S/C23H27FN4O5/c1-26-14-27-9-5-3-2-4-6-10-33-18-11-16(24)8-7-15(18)12-25-22(31)17-13-28(27)19(23(26)32)21(30)20(17)29/h7-8,11,13,30H,2-6,9-10,12,14H2,1H3,(H,25,31). The van der Waals surface area contributed by atoms with E-state index >= 15 is 0 Å². The Labute approximate surface area is 190 Å². The quantitative estimate of drug-likeness (QED) is 0.626. The number of nitrogens with zero attached hydrogens (tertiary/aromatic N) is 3. The fourth-order valence-corrected chi connectivity index (χ4v) is 4.10. The van der Waals surface area contributed by atoms with Crippen LogP contribution in [0.3, 0.4) is 0 Å². The van der Waals surface area contributed by atoms with Crippen molar-refractivity contribution in [1.29, 1.82) is 0 Å². The largest absolute Gasteiger partial charge is 0.502 e. The number of nitrogens with one attached hydrogen (secondary N) is 1. The van der Waals surface area contributed by atoms with Gasteiger partial charge < -0.3 is 20.1 Å². The molecule has 0 radical (unpaired) electrons. The van der Waals surface area contributed by atoms with E-state index in [1.165, 1.54) is 34.0 Å². The number of carbonyl (C=O) groups is 2. The van der Waals surface area contributed by atoms with Crippen molar-refractivity contribution in [1.82, 2.24) is 14.9 Å². The molecule has 2 aliphatic heterocycles. The summed E-state index contributed by atoms with van der Waals surface area (Å²) >= 11 is 0. The fourth-order valence-electron chi connectivity index (χ4n) is 4.10. The maximum absolute atomic E-state index is 13.7. The number of fused-ring (bicyclic) bond motifs is 2.